The minimum absolute atomic E-state index is 0.0312. The maximum atomic E-state index is 12.6. The van der Waals surface area contributed by atoms with Crippen LogP contribution in [0.4, 0.5) is 0 Å². The molecule has 2 saturated carbocycles. The van der Waals surface area contributed by atoms with E-state index in [1.165, 1.54) is 0 Å². The standard InChI is InChI=1S/C20H28O9/c1-9(12(23)8-21)19(27)29-13-7-20(3)14(24)6-5-11(22)16(20)17(25)15(13)10(2)18(26)28-4/h12-17,21,23-25H,1-2,5-8H2,3-4H3/t12-,13-,14+,15+,16-,17-,20+/m0/s1. The van der Waals surface area contributed by atoms with Gasteiger partial charge in [-0.25, -0.2) is 9.59 Å². The SMILES string of the molecule is C=C(C(=O)OC)[C@H]1[C@H](O)[C@@H]2C(=O)CC[C@@H](O)[C@@]2(C)C[C@@H]1OC(=O)C(=C)[C@@H](O)CO. The van der Waals surface area contributed by atoms with Gasteiger partial charge < -0.3 is 29.9 Å². The molecule has 7 atom stereocenters. The van der Waals surface area contributed by atoms with Gasteiger partial charge in [0.25, 0.3) is 0 Å². The molecule has 2 aliphatic carbocycles. The van der Waals surface area contributed by atoms with Crippen molar-refractivity contribution in [2.24, 2.45) is 17.3 Å². The van der Waals surface area contributed by atoms with Gasteiger partial charge in [0, 0.05) is 17.4 Å². The number of ketones is 1. The quantitative estimate of drug-likeness (QED) is 0.327. The second-order valence-electron chi connectivity index (χ2n) is 7.91. The normalized spacial score (nSPS) is 35.2. The highest BCUT2D eigenvalue weighted by molar-refractivity contribution is 5.91. The number of hydrogen-bond acceptors (Lipinski definition) is 9. The van der Waals surface area contributed by atoms with Crippen molar-refractivity contribution in [1.82, 2.24) is 0 Å². The Morgan fingerprint density at radius 3 is 2.45 bits per heavy atom. The zero-order chi connectivity index (χ0) is 22.1. The van der Waals surface area contributed by atoms with Crippen LogP contribution < -0.4 is 0 Å². The van der Waals surface area contributed by atoms with Crippen LogP contribution in [-0.2, 0) is 23.9 Å². The van der Waals surface area contributed by atoms with Crippen molar-refractivity contribution in [3.8, 4) is 0 Å². The molecule has 0 spiro atoms. The van der Waals surface area contributed by atoms with Crippen LogP contribution in [0.2, 0.25) is 0 Å². The molecule has 9 heteroatoms. The molecule has 29 heavy (non-hydrogen) atoms. The summed E-state index contributed by atoms with van der Waals surface area (Å²) in [4.78, 5) is 37.0. The van der Waals surface area contributed by atoms with Crippen LogP contribution in [0, 0.1) is 17.3 Å². The van der Waals surface area contributed by atoms with Crippen molar-refractivity contribution in [3.05, 3.63) is 24.3 Å². The van der Waals surface area contributed by atoms with Gasteiger partial charge >= 0.3 is 11.9 Å². The molecule has 0 heterocycles. The molecule has 9 nitrogen and oxygen atoms in total. The largest absolute Gasteiger partial charge is 0.466 e. The van der Waals surface area contributed by atoms with E-state index in [0.29, 0.717) is 0 Å². The van der Waals surface area contributed by atoms with E-state index < -0.39 is 65.8 Å². The van der Waals surface area contributed by atoms with Crippen LogP contribution in [0.15, 0.2) is 24.3 Å². The van der Waals surface area contributed by atoms with Gasteiger partial charge in [0.05, 0.1) is 43.3 Å². The fourth-order valence-corrected chi connectivity index (χ4v) is 4.44. The number of methoxy groups -OCH3 is 1. The molecule has 0 radical (unpaired) electrons. The highest BCUT2D eigenvalue weighted by Gasteiger charge is 2.60. The Labute approximate surface area is 168 Å². The average Bonchev–Trinajstić information content (AvgIpc) is 2.68. The Morgan fingerprint density at radius 2 is 1.90 bits per heavy atom. The second kappa shape index (κ2) is 8.74. The molecular formula is C20H28O9. The second-order valence-corrected chi connectivity index (χ2v) is 7.91. The van der Waals surface area contributed by atoms with E-state index in [2.05, 4.69) is 17.9 Å². The number of rotatable bonds is 6. The van der Waals surface area contributed by atoms with Crippen molar-refractivity contribution >= 4 is 17.7 Å². The Bertz CT molecular complexity index is 715. The number of esters is 2. The minimum Gasteiger partial charge on any atom is -0.466 e. The summed E-state index contributed by atoms with van der Waals surface area (Å²) < 4.78 is 10.1. The smallest absolute Gasteiger partial charge is 0.336 e. The van der Waals surface area contributed by atoms with Gasteiger partial charge in [-0.15, -0.1) is 0 Å². The van der Waals surface area contributed by atoms with Crippen molar-refractivity contribution in [1.29, 1.82) is 0 Å². The minimum atomic E-state index is -1.54. The maximum absolute atomic E-state index is 12.6. The number of hydrogen-bond donors (Lipinski definition) is 4. The van der Waals surface area contributed by atoms with Crippen molar-refractivity contribution in [2.45, 2.75) is 50.6 Å². The van der Waals surface area contributed by atoms with Crippen molar-refractivity contribution in [3.63, 3.8) is 0 Å². The summed E-state index contributed by atoms with van der Waals surface area (Å²) >= 11 is 0. The van der Waals surface area contributed by atoms with Gasteiger partial charge in [-0.3, -0.25) is 4.79 Å². The topological polar surface area (TPSA) is 151 Å². The van der Waals surface area contributed by atoms with E-state index in [-0.39, 0.29) is 30.6 Å². The monoisotopic (exact) mass is 412 g/mol. The lowest BCUT2D eigenvalue weighted by molar-refractivity contribution is -0.189. The number of ether oxygens (including phenoxy) is 2. The molecule has 2 fully saturated rings. The molecule has 0 aromatic heterocycles. The summed E-state index contributed by atoms with van der Waals surface area (Å²) in [5.41, 5.74) is -1.68. The first kappa shape index (κ1) is 23.2. The van der Waals surface area contributed by atoms with E-state index in [9.17, 15) is 29.7 Å². The van der Waals surface area contributed by atoms with E-state index in [1.54, 1.807) is 6.92 Å². The summed E-state index contributed by atoms with van der Waals surface area (Å²) in [5, 5.41) is 40.2. The highest BCUT2D eigenvalue weighted by Crippen LogP contribution is 2.52. The van der Waals surface area contributed by atoms with Crippen LogP contribution in [0.1, 0.15) is 26.2 Å². The molecule has 0 aliphatic heterocycles. The molecule has 0 unspecified atom stereocenters. The Morgan fingerprint density at radius 1 is 1.28 bits per heavy atom. The molecule has 0 saturated heterocycles. The summed E-state index contributed by atoms with van der Waals surface area (Å²) in [5.74, 6) is -4.25. The summed E-state index contributed by atoms with van der Waals surface area (Å²) in [6.07, 6.45) is -4.80. The van der Waals surface area contributed by atoms with E-state index in [1.807, 2.05) is 0 Å². The molecule has 0 bridgehead atoms. The van der Waals surface area contributed by atoms with Gasteiger partial charge in [0.1, 0.15) is 18.0 Å². The number of Topliss-reactive ketones (excluding diaryl/α,β-unsaturated/α-hetero) is 1. The molecule has 0 amide bonds. The zero-order valence-corrected chi connectivity index (χ0v) is 16.5. The Balaban J connectivity index is 2.42. The van der Waals surface area contributed by atoms with E-state index in [0.717, 1.165) is 7.11 Å². The van der Waals surface area contributed by atoms with Crippen molar-refractivity contribution < 1.29 is 44.3 Å². The number of carbonyl (C=O) groups is 3. The Hall–Kier alpha value is -2.07. The summed E-state index contributed by atoms with van der Waals surface area (Å²) in [7, 11) is 1.13. The molecule has 2 rings (SSSR count). The third-order valence-corrected chi connectivity index (χ3v) is 6.18. The van der Waals surface area contributed by atoms with E-state index >= 15 is 0 Å². The maximum Gasteiger partial charge on any atom is 0.336 e. The van der Waals surface area contributed by atoms with Crippen LogP contribution in [0.5, 0.6) is 0 Å². The van der Waals surface area contributed by atoms with Gasteiger partial charge in [-0.05, 0) is 12.8 Å². The first-order chi connectivity index (χ1) is 13.5. The molecule has 2 aliphatic rings. The fraction of sp³-hybridized carbons (Fsp3) is 0.650. The average molecular weight is 412 g/mol. The van der Waals surface area contributed by atoms with Crippen LogP contribution in [0.3, 0.4) is 0 Å². The lowest BCUT2D eigenvalue weighted by Gasteiger charge is -2.54. The van der Waals surface area contributed by atoms with Crippen LogP contribution in [-0.4, -0.2) is 76.3 Å². The van der Waals surface area contributed by atoms with Gasteiger partial charge in [-0.1, -0.05) is 20.1 Å². The molecule has 4 N–H and O–H groups in total. The first-order valence-electron chi connectivity index (χ1n) is 9.34. The number of fused-ring (bicyclic) bond motifs is 1. The van der Waals surface area contributed by atoms with Crippen LogP contribution >= 0.6 is 0 Å². The molecule has 0 aromatic rings. The predicted octanol–water partition coefficient (Wildman–Crippen LogP) is -0.736. The van der Waals surface area contributed by atoms with Crippen molar-refractivity contribution in [2.75, 3.05) is 13.7 Å². The predicted molar refractivity (Wildman–Crippen MR) is 99.2 cm³/mol. The zero-order valence-electron chi connectivity index (χ0n) is 16.5. The van der Waals surface area contributed by atoms with Gasteiger partial charge in [0.15, 0.2) is 0 Å². The molecular weight excluding hydrogens is 384 g/mol. The number of aliphatic hydroxyl groups excluding tert-OH is 4. The Kier molecular flexibility index (Phi) is 7.00. The lowest BCUT2D eigenvalue weighted by Crippen LogP contribution is -2.62. The third kappa shape index (κ3) is 4.13. The fourth-order valence-electron chi connectivity index (χ4n) is 4.44. The van der Waals surface area contributed by atoms with Gasteiger partial charge in [-0.2, -0.15) is 0 Å². The first-order valence-corrected chi connectivity index (χ1v) is 9.34. The molecule has 0 aromatic carbocycles. The van der Waals surface area contributed by atoms with E-state index in [4.69, 9.17) is 9.84 Å². The number of carbonyl (C=O) groups excluding carboxylic acids is 3. The number of aliphatic hydroxyl groups is 4. The van der Waals surface area contributed by atoms with Crippen LogP contribution in [0.25, 0.3) is 0 Å². The molecule has 162 valence electrons. The lowest BCUT2D eigenvalue weighted by atomic mass is 9.53. The summed E-state index contributed by atoms with van der Waals surface area (Å²) in [6.45, 7) is 7.92. The third-order valence-electron chi connectivity index (χ3n) is 6.18. The summed E-state index contributed by atoms with van der Waals surface area (Å²) in [6, 6.07) is 0. The van der Waals surface area contributed by atoms with Gasteiger partial charge in [0.2, 0.25) is 0 Å². The highest BCUT2D eigenvalue weighted by atomic mass is 16.5.